The molecule has 6 nitrogen and oxygen atoms in total. The third-order valence-electron chi connectivity index (χ3n) is 3.04. The second-order valence-corrected chi connectivity index (χ2v) is 4.63. The summed E-state index contributed by atoms with van der Waals surface area (Å²) in [5.41, 5.74) is 0. The zero-order chi connectivity index (χ0) is 14.6. The number of nitrogens with one attached hydrogen (secondary N) is 1. The largest absolute Gasteiger partial charge is 0.481 e. The Morgan fingerprint density at radius 1 is 1.32 bits per heavy atom. The van der Waals surface area contributed by atoms with Gasteiger partial charge in [0.25, 0.3) is 0 Å². The van der Waals surface area contributed by atoms with Gasteiger partial charge < -0.3 is 15.5 Å². The lowest BCUT2D eigenvalue weighted by atomic mass is 10.1. The van der Waals surface area contributed by atoms with Gasteiger partial charge in [0.1, 0.15) is 6.04 Å². The summed E-state index contributed by atoms with van der Waals surface area (Å²) in [4.78, 5) is 32.8. The summed E-state index contributed by atoms with van der Waals surface area (Å²) >= 11 is 0. The first-order chi connectivity index (χ1) is 8.71. The predicted octanol–water partition coefficient (Wildman–Crippen LogP) is 0.856. The SMILES string of the molecule is O=C(O)CC[C@H](NC(=O)C1CCC(F)(F)C1)C(=O)O. The van der Waals surface area contributed by atoms with Gasteiger partial charge in [-0.2, -0.15) is 0 Å². The molecule has 0 bridgehead atoms. The molecule has 0 aromatic heterocycles. The van der Waals surface area contributed by atoms with E-state index in [1.165, 1.54) is 0 Å². The van der Waals surface area contributed by atoms with E-state index < -0.39 is 55.0 Å². The number of alkyl halides is 2. The molecule has 0 radical (unpaired) electrons. The monoisotopic (exact) mass is 279 g/mol. The van der Waals surface area contributed by atoms with E-state index >= 15 is 0 Å². The van der Waals surface area contributed by atoms with Crippen LogP contribution < -0.4 is 5.32 Å². The molecule has 1 aliphatic rings. The molecule has 0 aromatic rings. The van der Waals surface area contributed by atoms with Gasteiger partial charge in [-0.15, -0.1) is 0 Å². The van der Waals surface area contributed by atoms with Crippen LogP contribution in [0.2, 0.25) is 0 Å². The number of carboxylic acid groups (broad SMARTS) is 2. The zero-order valence-corrected chi connectivity index (χ0v) is 10.1. The average Bonchev–Trinajstić information content (AvgIpc) is 2.64. The first-order valence-electron chi connectivity index (χ1n) is 5.84. The van der Waals surface area contributed by atoms with Crippen LogP contribution in [-0.2, 0) is 14.4 Å². The minimum absolute atomic E-state index is 0.00407. The lowest BCUT2D eigenvalue weighted by molar-refractivity contribution is -0.143. The highest BCUT2D eigenvalue weighted by Crippen LogP contribution is 2.38. The molecule has 1 aliphatic carbocycles. The lowest BCUT2D eigenvalue weighted by Crippen LogP contribution is -2.43. The van der Waals surface area contributed by atoms with E-state index in [9.17, 15) is 23.2 Å². The fourth-order valence-corrected chi connectivity index (χ4v) is 1.99. The van der Waals surface area contributed by atoms with E-state index in [0.717, 1.165) is 0 Å². The smallest absolute Gasteiger partial charge is 0.326 e. The molecule has 3 N–H and O–H groups in total. The maximum atomic E-state index is 12.9. The Morgan fingerprint density at radius 2 is 1.95 bits per heavy atom. The minimum Gasteiger partial charge on any atom is -0.481 e. The first kappa shape index (κ1) is 15.3. The molecule has 0 spiro atoms. The Labute approximate surface area is 107 Å². The molecule has 0 saturated heterocycles. The standard InChI is InChI=1S/C11H15F2NO5/c12-11(13)4-3-6(5-11)9(17)14-7(10(18)19)1-2-8(15)16/h6-7H,1-5H2,(H,14,17)(H,15,16)(H,18,19)/t6?,7-/m0/s1. The van der Waals surface area contributed by atoms with E-state index in [4.69, 9.17) is 10.2 Å². The van der Waals surface area contributed by atoms with E-state index in [1.54, 1.807) is 0 Å². The zero-order valence-electron chi connectivity index (χ0n) is 10.1. The van der Waals surface area contributed by atoms with E-state index in [-0.39, 0.29) is 12.8 Å². The molecule has 108 valence electrons. The summed E-state index contributed by atoms with van der Waals surface area (Å²) in [5, 5.41) is 19.4. The molecule has 19 heavy (non-hydrogen) atoms. The van der Waals surface area contributed by atoms with E-state index in [2.05, 4.69) is 5.32 Å². The molecule has 0 aromatic carbocycles. The Morgan fingerprint density at radius 3 is 2.37 bits per heavy atom. The highest BCUT2D eigenvalue weighted by atomic mass is 19.3. The first-order valence-corrected chi connectivity index (χ1v) is 5.84. The van der Waals surface area contributed by atoms with Crippen molar-refractivity contribution < 1.29 is 33.4 Å². The molecule has 2 atom stereocenters. The molecule has 1 saturated carbocycles. The Bertz CT molecular complexity index is 385. The van der Waals surface area contributed by atoms with Gasteiger partial charge in [0.15, 0.2) is 0 Å². The van der Waals surface area contributed by atoms with Gasteiger partial charge >= 0.3 is 11.9 Å². The van der Waals surface area contributed by atoms with Gasteiger partial charge in [-0.05, 0) is 12.8 Å². The Hall–Kier alpha value is -1.73. The second kappa shape index (κ2) is 5.94. The molecule has 1 rings (SSSR count). The van der Waals surface area contributed by atoms with Gasteiger partial charge in [0.2, 0.25) is 11.8 Å². The highest BCUT2D eigenvalue weighted by molar-refractivity contribution is 5.85. The van der Waals surface area contributed by atoms with Crippen LogP contribution in [0, 0.1) is 5.92 Å². The van der Waals surface area contributed by atoms with Crippen LogP contribution in [0.1, 0.15) is 32.1 Å². The van der Waals surface area contributed by atoms with Gasteiger partial charge in [-0.25, -0.2) is 13.6 Å². The summed E-state index contributed by atoms with van der Waals surface area (Å²) in [7, 11) is 0. The molecular weight excluding hydrogens is 264 g/mol. The van der Waals surface area contributed by atoms with Crippen molar-refractivity contribution in [2.24, 2.45) is 5.92 Å². The summed E-state index contributed by atoms with van der Waals surface area (Å²) < 4.78 is 25.9. The van der Waals surface area contributed by atoms with Crippen molar-refractivity contribution in [2.75, 3.05) is 0 Å². The maximum Gasteiger partial charge on any atom is 0.326 e. The highest BCUT2D eigenvalue weighted by Gasteiger charge is 2.43. The van der Waals surface area contributed by atoms with Crippen molar-refractivity contribution in [3.8, 4) is 0 Å². The summed E-state index contributed by atoms with van der Waals surface area (Å²) in [5.74, 6) is -7.12. The van der Waals surface area contributed by atoms with Gasteiger partial charge in [-0.1, -0.05) is 0 Å². The average molecular weight is 279 g/mol. The number of rotatable bonds is 6. The molecule has 0 heterocycles. The molecule has 8 heteroatoms. The van der Waals surface area contributed by atoms with Crippen LogP contribution in [0.25, 0.3) is 0 Å². The summed E-state index contributed by atoms with van der Waals surface area (Å²) in [6, 6.07) is -1.36. The van der Waals surface area contributed by atoms with Crippen LogP contribution in [0.3, 0.4) is 0 Å². The number of carboxylic acids is 2. The maximum absolute atomic E-state index is 12.9. The van der Waals surface area contributed by atoms with Gasteiger partial charge in [-0.3, -0.25) is 9.59 Å². The normalized spacial score (nSPS) is 22.7. The number of halogens is 2. The number of amides is 1. The fraction of sp³-hybridized carbons (Fsp3) is 0.727. The van der Waals surface area contributed by atoms with Crippen LogP contribution in [0.15, 0.2) is 0 Å². The molecule has 1 unspecified atom stereocenters. The second-order valence-electron chi connectivity index (χ2n) is 4.63. The summed E-state index contributed by atoms with van der Waals surface area (Å²) in [6.45, 7) is 0. The molecule has 1 amide bonds. The lowest BCUT2D eigenvalue weighted by Gasteiger charge is -2.16. The number of carbonyl (C=O) groups excluding carboxylic acids is 1. The number of aliphatic carboxylic acids is 2. The third-order valence-corrected chi connectivity index (χ3v) is 3.04. The topological polar surface area (TPSA) is 104 Å². The third kappa shape index (κ3) is 4.80. The van der Waals surface area contributed by atoms with Crippen LogP contribution in [0.4, 0.5) is 8.78 Å². The van der Waals surface area contributed by atoms with Crippen LogP contribution in [0.5, 0.6) is 0 Å². The molecule has 1 fully saturated rings. The van der Waals surface area contributed by atoms with Crippen LogP contribution in [-0.4, -0.2) is 40.0 Å². The van der Waals surface area contributed by atoms with Crippen molar-refractivity contribution in [2.45, 2.75) is 44.1 Å². The minimum atomic E-state index is -2.89. The molecule has 0 aliphatic heterocycles. The van der Waals surface area contributed by atoms with Crippen molar-refractivity contribution in [3.63, 3.8) is 0 Å². The Balaban J connectivity index is 2.52. The van der Waals surface area contributed by atoms with Gasteiger partial charge in [0, 0.05) is 25.2 Å². The van der Waals surface area contributed by atoms with Crippen molar-refractivity contribution >= 4 is 17.8 Å². The van der Waals surface area contributed by atoms with Crippen molar-refractivity contribution in [1.29, 1.82) is 0 Å². The number of hydrogen-bond donors (Lipinski definition) is 3. The quantitative estimate of drug-likeness (QED) is 0.669. The van der Waals surface area contributed by atoms with Crippen molar-refractivity contribution in [3.05, 3.63) is 0 Å². The van der Waals surface area contributed by atoms with Crippen LogP contribution >= 0.6 is 0 Å². The number of carbonyl (C=O) groups is 3. The van der Waals surface area contributed by atoms with Gasteiger partial charge in [0.05, 0.1) is 0 Å². The van der Waals surface area contributed by atoms with E-state index in [1.807, 2.05) is 0 Å². The van der Waals surface area contributed by atoms with E-state index in [0.29, 0.717) is 0 Å². The predicted molar refractivity (Wildman–Crippen MR) is 58.7 cm³/mol. The molecular formula is C11H15F2NO5. The number of hydrogen-bond acceptors (Lipinski definition) is 3. The Kier molecular flexibility index (Phi) is 4.79. The van der Waals surface area contributed by atoms with Crippen molar-refractivity contribution in [1.82, 2.24) is 5.32 Å². The fourth-order valence-electron chi connectivity index (χ4n) is 1.99. The summed E-state index contributed by atoms with van der Waals surface area (Å²) in [6.07, 6.45) is -1.68.